The van der Waals surface area contributed by atoms with E-state index in [1.165, 1.54) is 4.31 Å². The second-order valence-electron chi connectivity index (χ2n) is 6.24. The average molecular weight is 339 g/mol. The van der Waals surface area contributed by atoms with E-state index in [1.54, 1.807) is 24.3 Å². The van der Waals surface area contributed by atoms with Gasteiger partial charge in [-0.1, -0.05) is 26.0 Å². The van der Waals surface area contributed by atoms with Crippen molar-refractivity contribution in [3.8, 4) is 0 Å². The third-order valence-electron chi connectivity index (χ3n) is 4.11. The van der Waals surface area contributed by atoms with E-state index in [-0.39, 0.29) is 11.8 Å². The molecule has 6 nitrogen and oxygen atoms in total. The maximum atomic E-state index is 12.4. The van der Waals surface area contributed by atoms with Gasteiger partial charge in [0.15, 0.2) is 0 Å². The number of nitrogens with two attached hydrogens (primary N) is 1. The lowest BCUT2D eigenvalue weighted by Gasteiger charge is -2.16. The summed E-state index contributed by atoms with van der Waals surface area (Å²) < 4.78 is 26.4. The third kappa shape index (κ3) is 4.31. The minimum atomic E-state index is -3.39. The Morgan fingerprint density at radius 2 is 1.78 bits per heavy atom. The van der Waals surface area contributed by atoms with Gasteiger partial charge >= 0.3 is 0 Å². The molecule has 1 heterocycles. The summed E-state index contributed by atoms with van der Waals surface area (Å²) in [4.78, 5) is 12.1. The summed E-state index contributed by atoms with van der Waals surface area (Å²) in [6.45, 7) is 5.30. The quantitative estimate of drug-likeness (QED) is 0.811. The molecule has 0 radical (unpaired) electrons. The van der Waals surface area contributed by atoms with Gasteiger partial charge in [-0.3, -0.25) is 4.79 Å². The number of amides is 1. The molecule has 128 valence electrons. The molecule has 1 amide bonds. The fourth-order valence-electron chi connectivity index (χ4n) is 2.47. The summed E-state index contributed by atoms with van der Waals surface area (Å²) in [5.74, 6) is -0.128. The molecule has 0 unspecified atom stereocenters. The van der Waals surface area contributed by atoms with Gasteiger partial charge in [0.25, 0.3) is 0 Å². The molecule has 0 aliphatic carbocycles. The van der Waals surface area contributed by atoms with E-state index in [0.29, 0.717) is 24.5 Å². The van der Waals surface area contributed by atoms with Crippen LogP contribution in [0, 0.1) is 5.92 Å². The Bertz CT molecular complexity index is 635. The zero-order valence-corrected chi connectivity index (χ0v) is 14.5. The molecule has 0 saturated carbocycles. The first-order valence-corrected chi connectivity index (χ1v) is 9.39. The summed E-state index contributed by atoms with van der Waals surface area (Å²) in [6, 6.07) is 6.10. The Morgan fingerprint density at radius 1 is 1.22 bits per heavy atom. The largest absolute Gasteiger partial charge is 0.351 e. The van der Waals surface area contributed by atoms with Crippen LogP contribution in [0.25, 0.3) is 0 Å². The molecule has 7 heteroatoms. The van der Waals surface area contributed by atoms with Crippen molar-refractivity contribution in [2.24, 2.45) is 11.7 Å². The van der Waals surface area contributed by atoms with Crippen molar-refractivity contribution in [3.63, 3.8) is 0 Å². The smallest absolute Gasteiger partial charge is 0.243 e. The van der Waals surface area contributed by atoms with E-state index in [9.17, 15) is 13.2 Å². The number of sulfonamides is 1. The first-order chi connectivity index (χ1) is 10.8. The second-order valence-corrected chi connectivity index (χ2v) is 8.18. The molecule has 1 aliphatic heterocycles. The number of benzene rings is 1. The summed E-state index contributed by atoms with van der Waals surface area (Å²) >= 11 is 0. The standard InChI is InChI=1S/C16H25N3O3S/c1-12(2)15(17)16(20)18-11-13-5-7-14(8-6-13)23(21,22)19-9-3-4-10-19/h5-8,12,15H,3-4,9-11,17H2,1-2H3,(H,18,20)/t15-/m0/s1. The summed E-state index contributed by atoms with van der Waals surface area (Å²) in [6.07, 6.45) is 1.83. The van der Waals surface area contributed by atoms with Gasteiger partial charge < -0.3 is 11.1 Å². The molecule has 3 N–H and O–H groups in total. The van der Waals surface area contributed by atoms with Gasteiger partial charge in [-0.15, -0.1) is 0 Å². The minimum absolute atomic E-state index is 0.0722. The van der Waals surface area contributed by atoms with Gasteiger partial charge in [-0.05, 0) is 36.5 Å². The predicted molar refractivity (Wildman–Crippen MR) is 89.1 cm³/mol. The van der Waals surface area contributed by atoms with E-state index in [1.807, 2.05) is 13.8 Å². The van der Waals surface area contributed by atoms with Crippen LogP contribution in [0.3, 0.4) is 0 Å². The van der Waals surface area contributed by atoms with Crippen molar-refractivity contribution in [2.75, 3.05) is 13.1 Å². The average Bonchev–Trinajstić information content (AvgIpc) is 3.07. The highest BCUT2D eigenvalue weighted by molar-refractivity contribution is 7.89. The first-order valence-electron chi connectivity index (χ1n) is 7.95. The maximum Gasteiger partial charge on any atom is 0.243 e. The molecule has 23 heavy (non-hydrogen) atoms. The summed E-state index contributed by atoms with van der Waals surface area (Å²) in [7, 11) is -3.39. The monoisotopic (exact) mass is 339 g/mol. The fraction of sp³-hybridized carbons (Fsp3) is 0.562. The maximum absolute atomic E-state index is 12.4. The van der Waals surface area contributed by atoms with Crippen molar-refractivity contribution in [1.82, 2.24) is 9.62 Å². The van der Waals surface area contributed by atoms with Crippen molar-refractivity contribution >= 4 is 15.9 Å². The molecule has 1 saturated heterocycles. The van der Waals surface area contributed by atoms with E-state index >= 15 is 0 Å². The lowest BCUT2D eigenvalue weighted by atomic mass is 10.0. The number of carbonyl (C=O) groups is 1. The van der Waals surface area contributed by atoms with Gasteiger partial charge in [0.05, 0.1) is 10.9 Å². The van der Waals surface area contributed by atoms with Gasteiger partial charge in [-0.25, -0.2) is 8.42 Å². The molecule has 1 fully saturated rings. The summed E-state index contributed by atoms with van der Waals surface area (Å²) in [5.41, 5.74) is 6.62. The van der Waals surface area contributed by atoms with Crippen LogP contribution in [0.15, 0.2) is 29.2 Å². The molecule has 0 aromatic heterocycles. The van der Waals surface area contributed by atoms with Crippen molar-refractivity contribution in [1.29, 1.82) is 0 Å². The van der Waals surface area contributed by atoms with Crippen LogP contribution in [-0.2, 0) is 21.4 Å². The lowest BCUT2D eigenvalue weighted by Crippen LogP contribution is -2.43. The van der Waals surface area contributed by atoms with Crippen LogP contribution in [0.5, 0.6) is 0 Å². The highest BCUT2D eigenvalue weighted by atomic mass is 32.2. The Morgan fingerprint density at radius 3 is 2.30 bits per heavy atom. The number of hydrogen-bond acceptors (Lipinski definition) is 4. The Balaban J connectivity index is 1.98. The number of rotatable bonds is 6. The zero-order valence-electron chi connectivity index (χ0n) is 13.7. The van der Waals surface area contributed by atoms with Gasteiger partial charge in [-0.2, -0.15) is 4.31 Å². The lowest BCUT2D eigenvalue weighted by molar-refractivity contribution is -0.123. The van der Waals surface area contributed by atoms with Crippen LogP contribution < -0.4 is 11.1 Å². The molecule has 0 spiro atoms. The number of carbonyl (C=O) groups excluding carboxylic acids is 1. The van der Waals surface area contributed by atoms with E-state index in [0.717, 1.165) is 18.4 Å². The molecule has 1 aromatic carbocycles. The van der Waals surface area contributed by atoms with Crippen molar-refractivity contribution < 1.29 is 13.2 Å². The molecule has 0 bridgehead atoms. The third-order valence-corrected chi connectivity index (χ3v) is 6.03. The molecule has 2 rings (SSSR count). The zero-order chi connectivity index (χ0) is 17.0. The van der Waals surface area contributed by atoms with E-state index in [4.69, 9.17) is 5.73 Å². The highest BCUT2D eigenvalue weighted by Gasteiger charge is 2.26. The van der Waals surface area contributed by atoms with Gasteiger partial charge in [0, 0.05) is 19.6 Å². The van der Waals surface area contributed by atoms with Gasteiger partial charge in [0.1, 0.15) is 0 Å². The topological polar surface area (TPSA) is 92.5 Å². The van der Waals surface area contributed by atoms with Crippen LogP contribution in [0.1, 0.15) is 32.3 Å². The SMILES string of the molecule is CC(C)[C@H](N)C(=O)NCc1ccc(S(=O)(=O)N2CCCC2)cc1. The van der Waals surface area contributed by atoms with Gasteiger partial charge in [0.2, 0.25) is 15.9 Å². The van der Waals surface area contributed by atoms with Crippen LogP contribution >= 0.6 is 0 Å². The number of nitrogens with one attached hydrogen (secondary N) is 1. The van der Waals surface area contributed by atoms with Crippen LogP contribution in [-0.4, -0.2) is 37.8 Å². The summed E-state index contributed by atoms with van der Waals surface area (Å²) in [5, 5.41) is 2.77. The number of hydrogen-bond donors (Lipinski definition) is 2. The second kappa shape index (κ2) is 7.42. The van der Waals surface area contributed by atoms with Crippen LogP contribution in [0.2, 0.25) is 0 Å². The first kappa shape index (κ1) is 17.9. The van der Waals surface area contributed by atoms with Crippen molar-refractivity contribution in [3.05, 3.63) is 29.8 Å². The predicted octanol–water partition coefficient (Wildman–Crippen LogP) is 1.07. The van der Waals surface area contributed by atoms with Crippen LogP contribution in [0.4, 0.5) is 0 Å². The number of nitrogens with zero attached hydrogens (tertiary/aromatic N) is 1. The minimum Gasteiger partial charge on any atom is -0.351 e. The van der Waals surface area contributed by atoms with E-state index < -0.39 is 16.1 Å². The fourth-order valence-corrected chi connectivity index (χ4v) is 3.98. The Kier molecular flexibility index (Phi) is 5.78. The highest BCUT2D eigenvalue weighted by Crippen LogP contribution is 2.21. The molecular weight excluding hydrogens is 314 g/mol. The molecular formula is C16H25N3O3S. The molecule has 1 atom stereocenters. The normalized spacial score (nSPS) is 17.4. The van der Waals surface area contributed by atoms with Crippen molar-refractivity contribution in [2.45, 2.75) is 44.2 Å². The Labute approximate surface area is 138 Å². The van der Waals surface area contributed by atoms with E-state index in [2.05, 4.69) is 5.32 Å². The Hall–Kier alpha value is -1.44. The molecule has 1 aliphatic rings. The molecule has 1 aromatic rings.